The fraction of sp³-hybridized carbons (Fsp3) is 0.611. The predicted octanol–water partition coefficient (Wildman–Crippen LogP) is 3.70. The van der Waals surface area contributed by atoms with Gasteiger partial charge >= 0.3 is 0 Å². The van der Waals surface area contributed by atoms with Gasteiger partial charge in [0.15, 0.2) is 0 Å². The summed E-state index contributed by atoms with van der Waals surface area (Å²) in [5.41, 5.74) is 7.12. The fourth-order valence-electron chi connectivity index (χ4n) is 3.13. The average Bonchev–Trinajstić information content (AvgIpc) is 2.53. The van der Waals surface area contributed by atoms with Gasteiger partial charge in [0.05, 0.1) is 0 Å². The van der Waals surface area contributed by atoms with Crippen LogP contribution in [0.3, 0.4) is 0 Å². The molecule has 1 amide bonds. The van der Waals surface area contributed by atoms with Gasteiger partial charge in [-0.15, -0.1) is 24.8 Å². The van der Waals surface area contributed by atoms with Gasteiger partial charge in [-0.05, 0) is 57.0 Å². The molecule has 1 heterocycles. The van der Waals surface area contributed by atoms with Crippen LogP contribution in [0, 0.1) is 5.92 Å². The van der Waals surface area contributed by atoms with Crippen LogP contribution in [0.15, 0.2) is 24.3 Å². The highest BCUT2D eigenvalue weighted by Crippen LogP contribution is 2.20. The number of anilines is 1. The van der Waals surface area contributed by atoms with Crippen molar-refractivity contribution in [2.75, 3.05) is 39.0 Å². The summed E-state index contributed by atoms with van der Waals surface area (Å²) in [6, 6.07) is 7.28. The maximum absolute atomic E-state index is 12.5. The molecule has 1 aromatic carbocycles. The van der Waals surface area contributed by atoms with Gasteiger partial charge in [-0.1, -0.05) is 19.4 Å². The number of unbranched alkanes of at least 4 members (excludes halogenated alkanes) is 1. The lowest BCUT2D eigenvalue weighted by Gasteiger charge is -2.34. The molecule has 0 saturated carbocycles. The van der Waals surface area contributed by atoms with Crippen molar-refractivity contribution in [1.82, 2.24) is 9.80 Å². The largest absolute Gasteiger partial charge is 0.399 e. The molecule has 0 aliphatic carbocycles. The standard InChI is InChI=1S/C18H29N3O.2ClH/c1-3-4-10-20(2)14-15-8-11-21(12-9-15)18(22)16-6-5-7-17(19)13-16;;/h5-7,13,15H,3-4,8-12,14,19H2,1-2H3;2*1H. The first-order chi connectivity index (χ1) is 10.6. The average molecular weight is 376 g/mol. The topological polar surface area (TPSA) is 49.6 Å². The van der Waals surface area contributed by atoms with E-state index in [9.17, 15) is 4.79 Å². The summed E-state index contributed by atoms with van der Waals surface area (Å²) in [5.74, 6) is 0.830. The predicted molar refractivity (Wildman–Crippen MR) is 106 cm³/mol. The maximum Gasteiger partial charge on any atom is 0.253 e. The van der Waals surface area contributed by atoms with E-state index in [0.717, 1.165) is 32.5 Å². The number of likely N-dealkylation sites (tertiary alicyclic amines) is 1. The van der Waals surface area contributed by atoms with Crippen LogP contribution in [-0.2, 0) is 0 Å². The number of amides is 1. The van der Waals surface area contributed by atoms with Crippen LogP contribution in [0.1, 0.15) is 43.0 Å². The molecule has 2 N–H and O–H groups in total. The lowest BCUT2D eigenvalue weighted by atomic mass is 9.95. The van der Waals surface area contributed by atoms with Crippen LogP contribution >= 0.6 is 24.8 Å². The molecule has 1 aliphatic heterocycles. The van der Waals surface area contributed by atoms with Crippen molar-refractivity contribution in [1.29, 1.82) is 0 Å². The molecule has 0 unspecified atom stereocenters. The summed E-state index contributed by atoms with van der Waals surface area (Å²) in [6.45, 7) is 6.29. The number of carbonyl (C=O) groups excluding carboxylic acids is 1. The number of piperidine rings is 1. The van der Waals surface area contributed by atoms with Crippen molar-refractivity contribution in [3.8, 4) is 0 Å². The maximum atomic E-state index is 12.5. The van der Waals surface area contributed by atoms with Crippen LogP contribution in [0.2, 0.25) is 0 Å². The Labute approximate surface area is 158 Å². The normalized spacial score (nSPS) is 14.9. The first-order valence-electron chi connectivity index (χ1n) is 8.43. The van der Waals surface area contributed by atoms with Crippen LogP contribution < -0.4 is 5.73 Å². The molecule has 1 aliphatic rings. The van der Waals surface area contributed by atoms with Gasteiger partial charge in [-0.2, -0.15) is 0 Å². The lowest BCUT2D eigenvalue weighted by Crippen LogP contribution is -2.41. The quantitative estimate of drug-likeness (QED) is 0.771. The van der Waals surface area contributed by atoms with Crippen molar-refractivity contribution in [3.63, 3.8) is 0 Å². The van der Waals surface area contributed by atoms with Gasteiger partial charge in [0.25, 0.3) is 5.91 Å². The van der Waals surface area contributed by atoms with Gasteiger partial charge < -0.3 is 15.5 Å². The number of rotatable bonds is 6. The molecule has 138 valence electrons. The summed E-state index contributed by atoms with van der Waals surface area (Å²) in [4.78, 5) is 16.9. The van der Waals surface area contributed by atoms with Gasteiger partial charge in [-0.25, -0.2) is 0 Å². The van der Waals surface area contributed by atoms with E-state index in [0.29, 0.717) is 17.2 Å². The molecule has 0 spiro atoms. The Morgan fingerprint density at radius 3 is 2.54 bits per heavy atom. The number of nitrogens with two attached hydrogens (primary N) is 1. The summed E-state index contributed by atoms with van der Waals surface area (Å²) < 4.78 is 0. The minimum atomic E-state index is 0. The van der Waals surface area contributed by atoms with Crippen LogP contribution in [0.5, 0.6) is 0 Å². The Hall–Kier alpha value is -0.970. The Balaban J connectivity index is 0.00000264. The molecule has 1 fully saturated rings. The zero-order chi connectivity index (χ0) is 15.9. The van der Waals surface area contributed by atoms with E-state index in [1.165, 1.54) is 19.4 Å². The van der Waals surface area contributed by atoms with Crippen molar-refractivity contribution >= 4 is 36.4 Å². The number of hydrogen-bond acceptors (Lipinski definition) is 3. The van der Waals surface area contributed by atoms with Crippen molar-refractivity contribution in [2.24, 2.45) is 5.92 Å². The van der Waals surface area contributed by atoms with Crippen LogP contribution in [0.4, 0.5) is 5.69 Å². The second-order valence-corrected chi connectivity index (χ2v) is 6.48. The first-order valence-corrected chi connectivity index (χ1v) is 8.43. The van der Waals surface area contributed by atoms with E-state index in [2.05, 4.69) is 18.9 Å². The van der Waals surface area contributed by atoms with Gasteiger partial charge in [0, 0.05) is 30.9 Å². The summed E-state index contributed by atoms with van der Waals surface area (Å²) >= 11 is 0. The van der Waals surface area contributed by atoms with Gasteiger partial charge in [0.1, 0.15) is 0 Å². The molecule has 1 aromatic rings. The first kappa shape index (κ1) is 23.0. The number of hydrogen-bond donors (Lipinski definition) is 1. The molecule has 0 bridgehead atoms. The smallest absolute Gasteiger partial charge is 0.253 e. The molecule has 6 heteroatoms. The zero-order valence-electron chi connectivity index (χ0n) is 14.7. The third kappa shape index (κ3) is 6.88. The fourth-order valence-corrected chi connectivity index (χ4v) is 3.13. The number of halogens is 2. The Morgan fingerprint density at radius 1 is 1.29 bits per heavy atom. The molecule has 24 heavy (non-hydrogen) atoms. The third-order valence-corrected chi connectivity index (χ3v) is 4.50. The van der Waals surface area contributed by atoms with E-state index in [4.69, 9.17) is 5.73 Å². The Kier molecular flexibility index (Phi) is 11.1. The molecule has 1 saturated heterocycles. The Morgan fingerprint density at radius 2 is 1.96 bits per heavy atom. The van der Waals surface area contributed by atoms with Crippen LogP contribution in [0.25, 0.3) is 0 Å². The third-order valence-electron chi connectivity index (χ3n) is 4.50. The van der Waals surface area contributed by atoms with Gasteiger partial charge in [-0.3, -0.25) is 4.79 Å². The molecule has 2 rings (SSSR count). The molecular formula is C18H31Cl2N3O. The minimum absolute atomic E-state index is 0. The van der Waals surface area contributed by atoms with Crippen molar-refractivity contribution in [2.45, 2.75) is 32.6 Å². The molecule has 4 nitrogen and oxygen atoms in total. The number of nitrogen functional groups attached to an aromatic ring is 1. The number of benzene rings is 1. The minimum Gasteiger partial charge on any atom is -0.399 e. The molecular weight excluding hydrogens is 345 g/mol. The summed E-state index contributed by atoms with van der Waals surface area (Å²) in [6.07, 6.45) is 4.72. The highest BCUT2D eigenvalue weighted by Gasteiger charge is 2.24. The van der Waals surface area contributed by atoms with E-state index in [1.807, 2.05) is 23.1 Å². The highest BCUT2D eigenvalue weighted by atomic mass is 35.5. The SMILES string of the molecule is CCCCN(C)CC1CCN(C(=O)c2cccc(N)c2)CC1.Cl.Cl. The monoisotopic (exact) mass is 375 g/mol. The van der Waals surface area contributed by atoms with E-state index < -0.39 is 0 Å². The van der Waals surface area contributed by atoms with Gasteiger partial charge in [0.2, 0.25) is 0 Å². The summed E-state index contributed by atoms with van der Waals surface area (Å²) in [7, 11) is 2.21. The molecule has 0 radical (unpaired) electrons. The number of nitrogens with zero attached hydrogens (tertiary/aromatic N) is 2. The zero-order valence-corrected chi connectivity index (χ0v) is 16.4. The van der Waals surface area contributed by atoms with E-state index >= 15 is 0 Å². The highest BCUT2D eigenvalue weighted by molar-refractivity contribution is 5.95. The second-order valence-electron chi connectivity index (χ2n) is 6.48. The second kappa shape index (κ2) is 11.6. The molecule has 0 atom stereocenters. The lowest BCUT2D eigenvalue weighted by molar-refractivity contribution is 0.0673. The number of carbonyl (C=O) groups is 1. The Bertz CT molecular complexity index is 491. The van der Waals surface area contributed by atoms with Crippen molar-refractivity contribution < 1.29 is 4.79 Å². The summed E-state index contributed by atoms with van der Waals surface area (Å²) in [5, 5.41) is 0. The van der Waals surface area contributed by atoms with E-state index in [-0.39, 0.29) is 30.7 Å². The van der Waals surface area contributed by atoms with Crippen LogP contribution in [-0.4, -0.2) is 48.9 Å². The van der Waals surface area contributed by atoms with Crippen molar-refractivity contribution in [3.05, 3.63) is 29.8 Å². The molecule has 0 aromatic heterocycles. The van der Waals surface area contributed by atoms with E-state index in [1.54, 1.807) is 6.07 Å².